The highest BCUT2D eigenvalue weighted by Crippen LogP contribution is 2.33. The van der Waals surface area contributed by atoms with E-state index in [2.05, 4.69) is 18.3 Å². The lowest BCUT2D eigenvalue weighted by Gasteiger charge is -2.30. The molecule has 1 aliphatic rings. The molecule has 0 aromatic heterocycles. The number of aryl methyl sites for hydroxylation is 1. The van der Waals surface area contributed by atoms with E-state index >= 15 is 0 Å². The lowest BCUT2D eigenvalue weighted by molar-refractivity contribution is 0.339. The molecule has 1 aliphatic carbocycles. The second kappa shape index (κ2) is 6.33. The number of halogens is 1. The predicted octanol–water partition coefficient (Wildman–Crippen LogP) is 4.16. The van der Waals surface area contributed by atoms with Gasteiger partial charge in [-0.15, -0.1) is 0 Å². The van der Waals surface area contributed by atoms with Crippen molar-refractivity contribution in [1.82, 2.24) is 5.32 Å². The smallest absolute Gasteiger partial charge is 0.123 e. The maximum Gasteiger partial charge on any atom is 0.123 e. The van der Waals surface area contributed by atoms with Crippen LogP contribution in [0.15, 0.2) is 18.2 Å². The number of benzene rings is 1. The Hall–Kier alpha value is -0.890. The first-order chi connectivity index (χ1) is 8.69. The molecule has 1 saturated carbocycles. The van der Waals surface area contributed by atoms with Gasteiger partial charge in [-0.25, -0.2) is 4.39 Å². The molecule has 1 nitrogen and oxygen atoms in total. The summed E-state index contributed by atoms with van der Waals surface area (Å²) in [5.41, 5.74) is 2.23. The molecule has 0 bridgehead atoms. The molecular weight excluding hydrogens is 225 g/mol. The summed E-state index contributed by atoms with van der Waals surface area (Å²) in [6.07, 6.45) is 6.06. The summed E-state index contributed by atoms with van der Waals surface area (Å²) in [6.45, 7) is 5.27. The van der Waals surface area contributed by atoms with Crippen molar-refractivity contribution in [3.8, 4) is 0 Å². The quantitative estimate of drug-likeness (QED) is 0.845. The Labute approximate surface area is 110 Å². The van der Waals surface area contributed by atoms with Crippen molar-refractivity contribution in [3.63, 3.8) is 0 Å². The van der Waals surface area contributed by atoms with E-state index in [0.717, 1.165) is 18.5 Å². The highest BCUT2D eigenvalue weighted by molar-refractivity contribution is 5.27. The fraction of sp³-hybridized carbons (Fsp3) is 0.625. The van der Waals surface area contributed by atoms with E-state index in [0.29, 0.717) is 12.0 Å². The predicted molar refractivity (Wildman–Crippen MR) is 74.4 cm³/mol. The first-order valence-electron chi connectivity index (χ1n) is 7.19. The van der Waals surface area contributed by atoms with Crippen molar-refractivity contribution >= 4 is 0 Å². The summed E-state index contributed by atoms with van der Waals surface area (Å²) in [4.78, 5) is 0. The van der Waals surface area contributed by atoms with Gasteiger partial charge in [-0.3, -0.25) is 0 Å². The SMILES string of the molecule is CCCNC1CCCC(c2cc(C)cc(F)c2)C1. The lowest BCUT2D eigenvalue weighted by Crippen LogP contribution is -2.34. The molecule has 0 spiro atoms. The number of hydrogen-bond donors (Lipinski definition) is 1. The van der Waals surface area contributed by atoms with Crippen molar-refractivity contribution in [2.24, 2.45) is 0 Å². The first kappa shape index (κ1) is 13.5. The van der Waals surface area contributed by atoms with Gasteiger partial charge >= 0.3 is 0 Å². The minimum absolute atomic E-state index is 0.0892. The first-order valence-corrected chi connectivity index (χ1v) is 7.19. The van der Waals surface area contributed by atoms with Crippen LogP contribution in [0.2, 0.25) is 0 Å². The molecular formula is C16H24FN. The molecule has 1 N–H and O–H groups in total. The van der Waals surface area contributed by atoms with Crippen molar-refractivity contribution in [2.45, 2.75) is 57.9 Å². The summed E-state index contributed by atoms with van der Waals surface area (Å²) in [5, 5.41) is 3.61. The van der Waals surface area contributed by atoms with Gasteiger partial charge in [-0.1, -0.05) is 19.4 Å². The van der Waals surface area contributed by atoms with Crippen molar-refractivity contribution in [1.29, 1.82) is 0 Å². The molecule has 0 aliphatic heterocycles. The van der Waals surface area contributed by atoms with E-state index < -0.39 is 0 Å². The van der Waals surface area contributed by atoms with E-state index in [1.54, 1.807) is 12.1 Å². The molecule has 1 aromatic carbocycles. The average molecular weight is 249 g/mol. The van der Waals surface area contributed by atoms with E-state index in [9.17, 15) is 4.39 Å². The number of rotatable bonds is 4. The molecule has 2 unspecified atom stereocenters. The van der Waals surface area contributed by atoms with Crippen LogP contribution in [0.4, 0.5) is 4.39 Å². The van der Waals surface area contributed by atoms with Gasteiger partial charge in [0.15, 0.2) is 0 Å². The van der Waals surface area contributed by atoms with Crippen LogP contribution < -0.4 is 5.32 Å². The summed E-state index contributed by atoms with van der Waals surface area (Å²) in [5.74, 6) is 0.441. The third-order valence-electron chi connectivity index (χ3n) is 3.89. The zero-order valence-corrected chi connectivity index (χ0v) is 11.5. The van der Waals surface area contributed by atoms with Gasteiger partial charge < -0.3 is 5.32 Å². The normalized spacial score (nSPS) is 24.2. The molecule has 0 radical (unpaired) electrons. The summed E-state index contributed by atoms with van der Waals surface area (Å²) >= 11 is 0. The largest absolute Gasteiger partial charge is 0.314 e. The molecule has 1 aromatic rings. The fourth-order valence-corrected chi connectivity index (χ4v) is 3.03. The van der Waals surface area contributed by atoms with Crippen LogP contribution in [-0.4, -0.2) is 12.6 Å². The Morgan fingerprint density at radius 1 is 1.28 bits per heavy atom. The van der Waals surface area contributed by atoms with E-state index in [1.807, 2.05) is 6.92 Å². The van der Waals surface area contributed by atoms with Crippen LogP contribution in [0.5, 0.6) is 0 Å². The minimum atomic E-state index is -0.0892. The molecule has 18 heavy (non-hydrogen) atoms. The number of nitrogens with one attached hydrogen (secondary N) is 1. The monoisotopic (exact) mass is 249 g/mol. The summed E-state index contributed by atoms with van der Waals surface area (Å²) in [6, 6.07) is 6.10. The van der Waals surface area contributed by atoms with E-state index in [1.165, 1.54) is 31.2 Å². The molecule has 0 saturated heterocycles. The van der Waals surface area contributed by atoms with Crippen LogP contribution in [-0.2, 0) is 0 Å². The Morgan fingerprint density at radius 2 is 2.11 bits per heavy atom. The molecule has 0 heterocycles. The Kier molecular flexibility index (Phi) is 4.76. The topological polar surface area (TPSA) is 12.0 Å². The Balaban J connectivity index is 2.03. The molecule has 2 atom stereocenters. The van der Waals surface area contributed by atoms with Gasteiger partial charge in [0.1, 0.15) is 5.82 Å². The van der Waals surface area contributed by atoms with Gasteiger partial charge in [0, 0.05) is 6.04 Å². The van der Waals surface area contributed by atoms with Crippen molar-refractivity contribution < 1.29 is 4.39 Å². The Morgan fingerprint density at radius 3 is 2.83 bits per heavy atom. The molecule has 2 heteroatoms. The number of hydrogen-bond acceptors (Lipinski definition) is 1. The van der Waals surface area contributed by atoms with Crippen LogP contribution in [0.3, 0.4) is 0 Å². The average Bonchev–Trinajstić information content (AvgIpc) is 2.35. The molecule has 0 amide bonds. The highest BCUT2D eigenvalue weighted by atomic mass is 19.1. The lowest BCUT2D eigenvalue weighted by atomic mass is 9.81. The van der Waals surface area contributed by atoms with Gasteiger partial charge in [-0.2, -0.15) is 0 Å². The maximum atomic E-state index is 13.5. The molecule has 100 valence electrons. The van der Waals surface area contributed by atoms with Crippen molar-refractivity contribution in [2.75, 3.05) is 6.54 Å². The van der Waals surface area contributed by atoms with Gasteiger partial charge in [0.05, 0.1) is 0 Å². The maximum absolute atomic E-state index is 13.5. The van der Waals surface area contributed by atoms with Crippen molar-refractivity contribution in [3.05, 3.63) is 35.1 Å². The van der Waals surface area contributed by atoms with Gasteiger partial charge in [0.25, 0.3) is 0 Å². The van der Waals surface area contributed by atoms with E-state index in [4.69, 9.17) is 0 Å². The summed E-state index contributed by atoms with van der Waals surface area (Å²) in [7, 11) is 0. The zero-order chi connectivity index (χ0) is 13.0. The van der Waals surface area contributed by atoms with E-state index in [-0.39, 0.29) is 5.82 Å². The Bertz CT molecular complexity index is 368. The van der Waals surface area contributed by atoms with Gasteiger partial charge in [-0.05, 0) is 68.3 Å². The second-order valence-electron chi connectivity index (χ2n) is 5.58. The molecule has 1 fully saturated rings. The zero-order valence-electron chi connectivity index (χ0n) is 11.5. The standard InChI is InChI=1S/C16H24FN/c1-3-7-18-16-6-4-5-13(11-16)14-8-12(2)9-15(17)10-14/h8-10,13,16,18H,3-7,11H2,1-2H3. The van der Waals surface area contributed by atoms with Crippen LogP contribution >= 0.6 is 0 Å². The fourth-order valence-electron chi connectivity index (χ4n) is 3.03. The van der Waals surface area contributed by atoms with Crippen LogP contribution in [0.1, 0.15) is 56.1 Å². The highest BCUT2D eigenvalue weighted by Gasteiger charge is 2.23. The molecule has 2 rings (SSSR count). The second-order valence-corrected chi connectivity index (χ2v) is 5.58. The van der Waals surface area contributed by atoms with Crippen LogP contribution in [0, 0.1) is 12.7 Å². The third-order valence-corrected chi connectivity index (χ3v) is 3.89. The van der Waals surface area contributed by atoms with Gasteiger partial charge in [0.2, 0.25) is 0 Å². The third kappa shape index (κ3) is 3.55. The minimum Gasteiger partial charge on any atom is -0.314 e. The summed E-state index contributed by atoms with van der Waals surface area (Å²) < 4.78 is 13.5. The van der Waals surface area contributed by atoms with Crippen LogP contribution in [0.25, 0.3) is 0 Å².